The van der Waals surface area contributed by atoms with Gasteiger partial charge in [0.1, 0.15) is 5.69 Å². The minimum Gasteiger partial charge on any atom is -0.466 e. The molecule has 7 nitrogen and oxygen atoms in total. The van der Waals surface area contributed by atoms with Gasteiger partial charge in [-0.2, -0.15) is 5.10 Å². The van der Waals surface area contributed by atoms with Crippen molar-refractivity contribution in [3.05, 3.63) is 17.5 Å². The molecule has 9 heteroatoms. The molecule has 2 fully saturated rings. The van der Waals surface area contributed by atoms with Gasteiger partial charge < -0.3 is 14.5 Å². The van der Waals surface area contributed by atoms with Crippen molar-refractivity contribution in [3.63, 3.8) is 0 Å². The molecule has 0 radical (unpaired) electrons. The monoisotopic (exact) mass is 398 g/mol. The molecule has 1 aromatic rings. The third-order valence-electron chi connectivity index (χ3n) is 5.97. The molecule has 2 saturated heterocycles. The van der Waals surface area contributed by atoms with Crippen molar-refractivity contribution >= 4 is 11.9 Å². The highest BCUT2D eigenvalue weighted by atomic mass is 19.3. The van der Waals surface area contributed by atoms with Crippen molar-refractivity contribution in [1.82, 2.24) is 19.6 Å². The molecular formula is C19H28F2N4O3. The van der Waals surface area contributed by atoms with Gasteiger partial charge in [0.2, 0.25) is 0 Å². The van der Waals surface area contributed by atoms with Crippen LogP contribution in [0.5, 0.6) is 0 Å². The quantitative estimate of drug-likeness (QED) is 0.711. The van der Waals surface area contributed by atoms with E-state index in [4.69, 9.17) is 4.74 Å². The summed E-state index contributed by atoms with van der Waals surface area (Å²) < 4.78 is 33.2. The molecule has 28 heavy (non-hydrogen) atoms. The lowest BCUT2D eigenvalue weighted by Crippen LogP contribution is -2.43. The normalized spacial score (nSPS) is 25.6. The number of esters is 1. The van der Waals surface area contributed by atoms with Gasteiger partial charge in [0.05, 0.1) is 17.6 Å². The van der Waals surface area contributed by atoms with Gasteiger partial charge in [-0.05, 0) is 26.3 Å². The zero-order chi connectivity index (χ0) is 20.5. The Morgan fingerprint density at radius 3 is 2.75 bits per heavy atom. The Labute approximate surface area is 163 Å². The molecule has 0 saturated carbocycles. The lowest BCUT2D eigenvalue weighted by atomic mass is 9.75. The lowest BCUT2D eigenvalue weighted by molar-refractivity contribution is -0.157. The van der Waals surface area contributed by atoms with Gasteiger partial charge in [-0.1, -0.05) is 6.92 Å². The first-order valence-electron chi connectivity index (χ1n) is 9.83. The second-order valence-electron chi connectivity index (χ2n) is 7.66. The van der Waals surface area contributed by atoms with Crippen molar-refractivity contribution in [2.24, 2.45) is 18.4 Å². The minimum absolute atomic E-state index is 0.0634. The predicted octanol–water partition coefficient (Wildman–Crippen LogP) is 2.09. The van der Waals surface area contributed by atoms with E-state index in [1.54, 1.807) is 11.8 Å². The topological polar surface area (TPSA) is 67.7 Å². The fourth-order valence-electron chi connectivity index (χ4n) is 4.57. The van der Waals surface area contributed by atoms with Gasteiger partial charge in [-0.15, -0.1) is 0 Å². The van der Waals surface area contributed by atoms with Gasteiger partial charge in [0.15, 0.2) is 0 Å². The van der Waals surface area contributed by atoms with E-state index in [0.29, 0.717) is 45.6 Å². The van der Waals surface area contributed by atoms with Crippen molar-refractivity contribution in [2.75, 3.05) is 39.3 Å². The number of aromatic nitrogens is 2. The number of hydrogen-bond acceptors (Lipinski definition) is 5. The van der Waals surface area contributed by atoms with Crippen molar-refractivity contribution in [3.8, 4) is 0 Å². The fourth-order valence-corrected chi connectivity index (χ4v) is 4.57. The first kappa shape index (κ1) is 20.7. The highest BCUT2D eigenvalue weighted by Gasteiger charge is 2.54. The molecule has 3 rings (SSSR count). The van der Waals surface area contributed by atoms with Crippen molar-refractivity contribution < 1.29 is 23.1 Å². The maximum absolute atomic E-state index is 13.3. The smallest absolute Gasteiger partial charge is 0.313 e. The number of carbonyl (C=O) groups excluding carboxylic acids is 2. The summed E-state index contributed by atoms with van der Waals surface area (Å²) in [6, 6.07) is 0. The maximum atomic E-state index is 13.3. The number of aryl methyl sites for hydroxylation is 1. The summed E-state index contributed by atoms with van der Waals surface area (Å²) in [7, 11) is 1.52. The van der Waals surface area contributed by atoms with Crippen LogP contribution in [-0.2, 0) is 16.6 Å². The molecule has 0 N–H and O–H groups in total. The summed E-state index contributed by atoms with van der Waals surface area (Å²) in [6.07, 6.45) is -0.206. The summed E-state index contributed by atoms with van der Waals surface area (Å²) >= 11 is 0. The highest BCUT2D eigenvalue weighted by molar-refractivity contribution is 5.95. The number of amides is 1. The number of halogens is 2. The van der Waals surface area contributed by atoms with E-state index < -0.39 is 23.4 Å². The number of rotatable bonds is 5. The lowest BCUT2D eigenvalue weighted by Gasteiger charge is -2.31. The van der Waals surface area contributed by atoms with E-state index in [0.717, 1.165) is 6.54 Å². The van der Waals surface area contributed by atoms with E-state index >= 15 is 0 Å². The van der Waals surface area contributed by atoms with Crippen LogP contribution in [0.25, 0.3) is 0 Å². The van der Waals surface area contributed by atoms with Crippen LogP contribution < -0.4 is 0 Å². The summed E-state index contributed by atoms with van der Waals surface area (Å²) in [4.78, 5) is 29.7. The van der Waals surface area contributed by atoms with E-state index in [-0.39, 0.29) is 17.5 Å². The van der Waals surface area contributed by atoms with Gasteiger partial charge in [-0.25, -0.2) is 8.78 Å². The molecule has 2 atom stereocenters. The molecule has 0 aliphatic carbocycles. The molecule has 2 aliphatic heterocycles. The average molecular weight is 398 g/mol. The van der Waals surface area contributed by atoms with Crippen LogP contribution in [0.2, 0.25) is 0 Å². The summed E-state index contributed by atoms with van der Waals surface area (Å²) in [5, 5.41) is 3.74. The number of carbonyl (C=O) groups is 2. The average Bonchev–Trinajstić information content (AvgIpc) is 3.17. The fraction of sp³-hybridized carbons (Fsp3) is 0.737. The molecule has 2 aliphatic rings. The number of fused-ring (bicyclic) bond motifs is 1. The van der Waals surface area contributed by atoms with Crippen LogP contribution in [0, 0.1) is 11.3 Å². The van der Waals surface area contributed by atoms with Gasteiger partial charge in [0, 0.05) is 45.3 Å². The largest absolute Gasteiger partial charge is 0.466 e. The maximum Gasteiger partial charge on any atom is 0.313 e. The Bertz CT molecular complexity index is 739. The Morgan fingerprint density at radius 1 is 1.36 bits per heavy atom. The number of ether oxygens (including phenoxy) is 1. The number of likely N-dealkylation sites (tertiary alicyclic amines) is 2. The second-order valence-corrected chi connectivity index (χ2v) is 7.66. The minimum atomic E-state index is -2.81. The SMILES string of the molecule is CCOC(=O)[C@]12CCCN(C(=O)c3cn(C)nc3C(F)F)C[C@H]1CN(CC)C2. The van der Waals surface area contributed by atoms with Crippen LogP contribution in [0.1, 0.15) is 49.2 Å². The van der Waals surface area contributed by atoms with Crippen molar-refractivity contribution in [1.29, 1.82) is 0 Å². The molecule has 1 amide bonds. The molecular weight excluding hydrogens is 370 g/mol. The van der Waals surface area contributed by atoms with Crippen LogP contribution in [-0.4, -0.2) is 70.8 Å². The second kappa shape index (κ2) is 8.14. The van der Waals surface area contributed by atoms with E-state index in [1.807, 2.05) is 6.92 Å². The molecule has 1 aromatic heterocycles. The molecule has 0 unspecified atom stereocenters. The Balaban J connectivity index is 1.87. The Morgan fingerprint density at radius 2 is 2.11 bits per heavy atom. The van der Waals surface area contributed by atoms with E-state index in [2.05, 4.69) is 10.00 Å². The van der Waals surface area contributed by atoms with Crippen LogP contribution >= 0.6 is 0 Å². The molecule has 0 aromatic carbocycles. The van der Waals surface area contributed by atoms with Gasteiger partial charge >= 0.3 is 5.97 Å². The Kier molecular flexibility index (Phi) is 6.02. The number of hydrogen-bond donors (Lipinski definition) is 0. The Hall–Kier alpha value is -2.03. The summed E-state index contributed by atoms with van der Waals surface area (Å²) in [5.41, 5.74) is -1.19. The third kappa shape index (κ3) is 3.64. The zero-order valence-corrected chi connectivity index (χ0v) is 16.7. The predicted molar refractivity (Wildman–Crippen MR) is 98.0 cm³/mol. The van der Waals surface area contributed by atoms with Crippen LogP contribution in [0.4, 0.5) is 8.78 Å². The highest BCUT2D eigenvalue weighted by Crippen LogP contribution is 2.44. The molecule has 3 heterocycles. The van der Waals surface area contributed by atoms with E-state index in [1.165, 1.54) is 17.9 Å². The first-order chi connectivity index (χ1) is 13.3. The van der Waals surface area contributed by atoms with E-state index in [9.17, 15) is 18.4 Å². The zero-order valence-electron chi connectivity index (χ0n) is 16.7. The van der Waals surface area contributed by atoms with Gasteiger partial charge in [0.25, 0.3) is 12.3 Å². The molecule has 0 spiro atoms. The first-order valence-corrected chi connectivity index (χ1v) is 9.83. The number of nitrogens with zero attached hydrogens (tertiary/aromatic N) is 4. The van der Waals surface area contributed by atoms with Crippen LogP contribution in [0.3, 0.4) is 0 Å². The van der Waals surface area contributed by atoms with Crippen LogP contribution in [0.15, 0.2) is 6.20 Å². The molecule has 156 valence electrons. The van der Waals surface area contributed by atoms with Crippen molar-refractivity contribution in [2.45, 2.75) is 33.1 Å². The third-order valence-corrected chi connectivity index (χ3v) is 5.97. The molecule has 0 bridgehead atoms. The van der Waals surface area contributed by atoms with Gasteiger partial charge in [-0.3, -0.25) is 14.3 Å². The standard InChI is InChI=1S/C19H28F2N4O3/c1-4-24-9-13-10-25(8-6-7-19(13,12-24)18(27)28-5-2)17(26)14-11-23(3)22-15(14)16(20)21/h11,13,16H,4-10,12H2,1-3H3/t13-,19+/m1/s1. The summed E-state index contributed by atoms with van der Waals surface area (Å²) in [5.74, 6) is -0.734. The summed E-state index contributed by atoms with van der Waals surface area (Å²) in [6.45, 7) is 7.04. The number of alkyl halides is 2.